The normalized spacial score (nSPS) is 30.5. The molecule has 0 atom stereocenters. The van der Waals surface area contributed by atoms with Crippen molar-refractivity contribution in [1.82, 2.24) is 5.48 Å². The topological polar surface area (TPSA) is 41.5 Å². The highest BCUT2D eigenvalue weighted by Gasteiger charge is 2.21. The maximum absolute atomic E-state index is 9.29. The lowest BCUT2D eigenvalue weighted by Gasteiger charge is -2.29. The molecule has 0 bridgehead atoms. The van der Waals surface area contributed by atoms with E-state index in [0.717, 1.165) is 25.7 Å². The number of nitrogens with one attached hydrogen (secondary N) is 1. The maximum atomic E-state index is 9.29. The molecule has 0 heterocycles. The van der Waals surface area contributed by atoms with Gasteiger partial charge in [-0.05, 0) is 46.5 Å². The number of aliphatic hydroxyl groups excluding tert-OH is 1. The van der Waals surface area contributed by atoms with E-state index in [1.807, 2.05) is 20.8 Å². The molecule has 1 rings (SSSR count). The average molecular weight is 187 g/mol. The molecule has 1 aliphatic rings. The molecule has 0 aromatic rings. The zero-order valence-electron chi connectivity index (χ0n) is 8.84. The summed E-state index contributed by atoms with van der Waals surface area (Å²) in [6.45, 7) is 6.08. The van der Waals surface area contributed by atoms with Crippen LogP contribution >= 0.6 is 0 Å². The number of rotatable bonds is 2. The second kappa shape index (κ2) is 4.40. The van der Waals surface area contributed by atoms with E-state index in [1.54, 1.807) is 0 Å². The first-order valence-electron chi connectivity index (χ1n) is 5.09. The largest absolute Gasteiger partial charge is 0.393 e. The Hall–Kier alpha value is -0.120. The second-order valence-electron chi connectivity index (χ2n) is 4.84. The molecule has 1 aliphatic carbocycles. The summed E-state index contributed by atoms with van der Waals surface area (Å²) in [4.78, 5) is 5.47. The van der Waals surface area contributed by atoms with Crippen molar-refractivity contribution in [2.24, 2.45) is 0 Å². The molecule has 0 amide bonds. The van der Waals surface area contributed by atoms with E-state index in [-0.39, 0.29) is 11.7 Å². The molecule has 78 valence electrons. The minimum absolute atomic E-state index is 0.0901. The van der Waals surface area contributed by atoms with E-state index in [1.165, 1.54) is 0 Å². The molecular formula is C10H21NO2. The van der Waals surface area contributed by atoms with Gasteiger partial charge in [-0.2, -0.15) is 5.48 Å². The molecule has 1 fully saturated rings. The second-order valence-corrected chi connectivity index (χ2v) is 4.84. The van der Waals surface area contributed by atoms with Gasteiger partial charge in [0.15, 0.2) is 0 Å². The zero-order valence-corrected chi connectivity index (χ0v) is 8.84. The molecule has 0 saturated heterocycles. The van der Waals surface area contributed by atoms with Gasteiger partial charge in [0, 0.05) is 6.04 Å². The van der Waals surface area contributed by atoms with Gasteiger partial charge < -0.3 is 5.11 Å². The molecule has 0 spiro atoms. The van der Waals surface area contributed by atoms with Crippen molar-refractivity contribution < 1.29 is 9.94 Å². The molecule has 0 unspecified atom stereocenters. The molecule has 0 aromatic heterocycles. The summed E-state index contributed by atoms with van der Waals surface area (Å²) >= 11 is 0. The fourth-order valence-electron chi connectivity index (χ4n) is 1.45. The fraction of sp³-hybridized carbons (Fsp3) is 1.00. The SMILES string of the molecule is CC(C)(C)ONC1CCC(O)CC1. The van der Waals surface area contributed by atoms with E-state index < -0.39 is 0 Å². The molecule has 13 heavy (non-hydrogen) atoms. The summed E-state index contributed by atoms with van der Waals surface area (Å²) in [5.74, 6) is 0. The predicted octanol–water partition coefficient (Wildman–Crippen LogP) is 1.61. The van der Waals surface area contributed by atoms with Crippen LogP contribution in [0.25, 0.3) is 0 Å². The van der Waals surface area contributed by atoms with E-state index in [0.29, 0.717) is 6.04 Å². The molecule has 3 nitrogen and oxygen atoms in total. The van der Waals surface area contributed by atoms with Crippen LogP contribution < -0.4 is 5.48 Å². The number of aliphatic hydroxyl groups is 1. The van der Waals surface area contributed by atoms with E-state index >= 15 is 0 Å². The summed E-state index contributed by atoms with van der Waals surface area (Å²) < 4.78 is 0. The maximum Gasteiger partial charge on any atom is 0.0813 e. The van der Waals surface area contributed by atoms with Crippen molar-refractivity contribution in [3.8, 4) is 0 Å². The highest BCUT2D eigenvalue weighted by molar-refractivity contribution is 4.74. The first-order chi connectivity index (χ1) is 5.97. The van der Waals surface area contributed by atoms with Crippen molar-refractivity contribution in [1.29, 1.82) is 0 Å². The lowest BCUT2D eigenvalue weighted by atomic mass is 9.94. The summed E-state index contributed by atoms with van der Waals surface area (Å²) in [6.07, 6.45) is 3.72. The van der Waals surface area contributed by atoms with Gasteiger partial charge in [0.25, 0.3) is 0 Å². The lowest BCUT2D eigenvalue weighted by molar-refractivity contribution is -0.0961. The Labute approximate surface area is 80.4 Å². The number of hydrogen-bond acceptors (Lipinski definition) is 3. The van der Waals surface area contributed by atoms with Crippen LogP contribution in [0, 0.1) is 0 Å². The van der Waals surface area contributed by atoms with E-state index in [2.05, 4.69) is 5.48 Å². The summed E-state index contributed by atoms with van der Waals surface area (Å²) in [7, 11) is 0. The van der Waals surface area contributed by atoms with Crippen LogP contribution in [0.1, 0.15) is 46.5 Å². The van der Waals surface area contributed by atoms with E-state index in [4.69, 9.17) is 4.84 Å². The van der Waals surface area contributed by atoms with Crippen molar-refractivity contribution in [2.45, 2.75) is 64.2 Å². The van der Waals surface area contributed by atoms with Crippen LogP contribution in [0.5, 0.6) is 0 Å². The van der Waals surface area contributed by atoms with Crippen molar-refractivity contribution >= 4 is 0 Å². The first kappa shape index (κ1) is 11.0. The van der Waals surface area contributed by atoms with Gasteiger partial charge >= 0.3 is 0 Å². The molecule has 2 N–H and O–H groups in total. The lowest BCUT2D eigenvalue weighted by Crippen LogP contribution is -2.39. The summed E-state index contributed by atoms with van der Waals surface area (Å²) in [5, 5.41) is 9.29. The first-order valence-corrected chi connectivity index (χ1v) is 5.09. The number of hydrogen-bond donors (Lipinski definition) is 2. The molecule has 0 aliphatic heterocycles. The van der Waals surface area contributed by atoms with Gasteiger partial charge in [-0.3, -0.25) is 4.84 Å². The van der Waals surface area contributed by atoms with Gasteiger partial charge in [0.1, 0.15) is 0 Å². The molecule has 0 radical (unpaired) electrons. The Kier molecular flexibility index (Phi) is 3.71. The fourth-order valence-corrected chi connectivity index (χ4v) is 1.45. The Morgan fingerprint density at radius 3 is 2.15 bits per heavy atom. The average Bonchev–Trinajstić information content (AvgIpc) is 2.02. The van der Waals surface area contributed by atoms with Crippen LogP contribution in [0.3, 0.4) is 0 Å². The van der Waals surface area contributed by atoms with Crippen LogP contribution in [0.15, 0.2) is 0 Å². The Balaban J connectivity index is 2.16. The third-order valence-corrected chi connectivity index (χ3v) is 2.23. The molecular weight excluding hydrogens is 166 g/mol. The molecule has 3 heteroatoms. The smallest absolute Gasteiger partial charge is 0.0813 e. The van der Waals surface area contributed by atoms with Crippen LogP contribution in [-0.2, 0) is 4.84 Å². The van der Waals surface area contributed by atoms with Crippen LogP contribution in [-0.4, -0.2) is 22.9 Å². The van der Waals surface area contributed by atoms with Crippen molar-refractivity contribution in [3.05, 3.63) is 0 Å². The van der Waals surface area contributed by atoms with Gasteiger partial charge in [0.05, 0.1) is 11.7 Å². The predicted molar refractivity (Wildman–Crippen MR) is 52.2 cm³/mol. The summed E-state index contributed by atoms with van der Waals surface area (Å²) in [5.41, 5.74) is 2.94. The zero-order chi connectivity index (χ0) is 9.90. The number of hydroxylamine groups is 1. The van der Waals surface area contributed by atoms with Crippen molar-refractivity contribution in [3.63, 3.8) is 0 Å². The van der Waals surface area contributed by atoms with Gasteiger partial charge in [0.2, 0.25) is 0 Å². The van der Waals surface area contributed by atoms with Gasteiger partial charge in [-0.1, -0.05) is 0 Å². The van der Waals surface area contributed by atoms with Crippen LogP contribution in [0.4, 0.5) is 0 Å². The van der Waals surface area contributed by atoms with Gasteiger partial charge in [-0.25, -0.2) is 0 Å². The minimum Gasteiger partial charge on any atom is -0.393 e. The van der Waals surface area contributed by atoms with Crippen LogP contribution in [0.2, 0.25) is 0 Å². The van der Waals surface area contributed by atoms with Gasteiger partial charge in [-0.15, -0.1) is 0 Å². The van der Waals surface area contributed by atoms with E-state index in [9.17, 15) is 5.11 Å². The highest BCUT2D eigenvalue weighted by Crippen LogP contribution is 2.19. The third-order valence-electron chi connectivity index (χ3n) is 2.23. The Morgan fingerprint density at radius 2 is 1.69 bits per heavy atom. The van der Waals surface area contributed by atoms with Crippen molar-refractivity contribution in [2.75, 3.05) is 0 Å². The minimum atomic E-state index is -0.129. The third kappa shape index (κ3) is 4.60. The Morgan fingerprint density at radius 1 is 1.15 bits per heavy atom. The summed E-state index contributed by atoms with van der Waals surface area (Å²) in [6, 6.07) is 0.419. The Bertz CT molecular complexity index is 145. The molecule has 1 saturated carbocycles. The molecule has 0 aromatic carbocycles. The standard InChI is InChI=1S/C10H21NO2/c1-10(2,3)13-11-8-4-6-9(12)7-5-8/h8-9,11-12H,4-7H2,1-3H3. The quantitative estimate of drug-likeness (QED) is 0.645. The highest BCUT2D eigenvalue weighted by atomic mass is 16.7. The monoisotopic (exact) mass is 187 g/mol.